The number of nitrogens with zero attached hydrogens (tertiary/aromatic N) is 2. The van der Waals surface area contributed by atoms with Crippen molar-refractivity contribution in [1.82, 2.24) is 9.55 Å². The van der Waals surface area contributed by atoms with Gasteiger partial charge >= 0.3 is 0 Å². The Morgan fingerprint density at radius 2 is 1.29 bits per heavy atom. The monoisotopic (exact) mass is 628 g/mol. The summed E-state index contributed by atoms with van der Waals surface area (Å²) in [7, 11) is 0. The first kappa shape index (κ1) is 27.5. The molecule has 0 unspecified atom stereocenters. The van der Waals surface area contributed by atoms with E-state index in [-0.39, 0.29) is 0 Å². The fraction of sp³-hybridized carbons (Fsp3) is 0. The molecule has 10 aromatic rings. The Morgan fingerprint density at radius 3 is 2.12 bits per heavy atom. The first-order valence-electron chi connectivity index (χ1n) is 16.4. The van der Waals surface area contributed by atoms with Crippen LogP contribution in [0.3, 0.4) is 0 Å². The molecule has 7 aromatic carbocycles. The van der Waals surface area contributed by atoms with E-state index in [2.05, 4.69) is 115 Å². The van der Waals surface area contributed by atoms with E-state index < -0.39 is 0 Å². The van der Waals surface area contributed by atoms with E-state index >= 15 is 0 Å². The highest BCUT2D eigenvalue weighted by Crippen LogP contribution is 2.43. The normalized spacial score (nSPS) is 11.8. The average molecular weight is 629 g/mol. The van der Waals surface area contributed by atoms with Crippen LogP contribution >= 0.6 is 0 Å². The van der Waals surface area contributed by atoms with Crippen LogP contribution in [0.15, 0.2) is 155 Å². The van der Waals surface area contributed by atoms with Crippen LogP contribution in [0.1, 0.15) is 11.1 Å². The molecule has 0 amide bonds. The second kappa shape index (κ2) is 10.4. The predicted molar refractivity (Wildman–Crippen MR) is 204 cm³/mol. The first-order valence-corrected chi connectivity index (χ1v) is 16.4. The average Bonchev–Trinajstić information content (AvgIpc) is 3.84. The van der Waals surface area contributed by atoms with Crippen molar-refractivity contribution in [1.29, 1.82) is 0 Å². The van der Waals surface area contributed by atoms with Crippen molar-refractivity contribution < 1.29 is 8.83 Å². The highest BCUT2D eigenvalue weighted by molar-refractivity contribution is 6.17. The van der Waals surface area contributed by atoms with E-state index in [4.69, 9.17) is 13.8 Å². The van der Waals surface area contributed by atoms with Crippen molar-refractivity contribution in [3.8, 4) is 28.3 Å². The minimum atomic E-state index is 0.613. The van der Waals surface area contributed by atoms with Gasteiger partial charge in [0.15, 0.2) is 11.2 Å². The van der Waals surface area contributed by atoms with Crippen LogP contribution in [0.2, 0.25) is 0 Å². The second-order valence-electron chi connectivity index (χ2n) is 12.5. The summed E-state index contributed by atoms with van der Waals surface area (Å²) in [6.45, 7) is 8.46. The predicted octanol–water partition coefficient (Wildman–Crippen LogP) is 12.6. The van der Waals surface area contributed by atoms with E-state index in [9.17, 15) is 0 Å². The van der Waals surface area contributed by atoms with E-state index in [1.807, 2.05) is 48.6 Å². The summed E-state index contributed by atoms with van der Waals surface area (Å²) < 4.78 is 15.3. The van der Waals surface area contributed by atoms with Crippen molar-refractivity contribution in [3.05, 3.63) is 158 Å². The van der Waals surface area contributed by atoms with Crippen LogP contribution in [-0.2, 0) is 0 Å². The zero-order valence-corrected chi connectivity index (χ0v) is 26.5. The number of oxazole rings is 1. The summed E-state index contributed by atoms with van der Waals surface area (Å²) in [4.78, 5) is 4.80. The topological polar surface area (TPSA) is 44.1 Å². The standard InChI is InChI=1S/C45H28N2O2/c1-3-27-22-37-35-20-18-32(31-19-21-41-38(24-31)46-45(49-41)28-12-6-5-7-13-28)26-42(35)48-44(37)43(33(27)4-2)47-39-17-11-10-16-34(39)36-23-29-14-8-9-15-30(29)25-40(36)47/h3-26H,1-2H2. The van der Waals surface area contributed by atoms with Crippen molar-refractivity contribution in [2.75, 3.05) is 0 Å². The summed E-state index contributed by atoms with van der Waals surface area (Å²) in [5.74, 6) is 0.613. The molecule has 0 spiro atoms. The molecule has 230 valence electrons. The van der Waals surface area contributed by atoms with Crippen LogP contribution in [0, 0.1) is 0 Å². The third kappa shape index (κ3) is 4.07. The van der Waals surface area contributed by atoms with Gasteiger partial charge in [0.05, 0.1) is 16.7 Å². The number of hydrogen-bond acceptors (Lipinski definition) is 3. The zero-order valence-electron chi connectivity index (χ0n) is 26.5. The molecule has 4 heteroatoms. The van der Waals surface area contributed by atoms with Crippen LogP contribution < -0.4 is 0 Å². The van der Waals surface area contributed by atoms with Crippen molar-refractivity contribution in [2.45, 2.75) is 0 Å². The van der Waals surface area contributed by atoms with E-state index in [0.717, 1.165) is 77.6 Å². The quantitative estimate of drug-likeness (QED) is 0.190. The lowest BCUT2D eigenvalue weighted by atomic mass is 9.99. The molecule has 49 heavy (non-hydrogen) atoms. The van der Waals surface area contributed by atoms with E-state index in [1.54, 1.807) is 0 Å². The van der Waals surface area contributed by atoms with Gasteiger partial charge in [-0.05, 0) is 88.1 Å². The molecule has 3 heterocycles. The SMILES string of the molecule is C=Cc1cc2c(oc3cc(-c4ccc5oc(-c6ccccc6)nc5c4)ccc32)c(-n2c3ccccc3c3cc4ccccc4cc32)c1C=C. The number of para-hydroxylation sites is 1. The fourth-order valence-electron chi connectivity index (χ4n) is 7.42. The second-order valence-corrected chi connectivity index (χ2v) is 12.5. The summed E-state index contributed by atoms with van der Waals surface area (Å²) in [6.07, 6.45) is 3.83. The zero-order chi connectivity index (χ0) is 32.6. The van der Waals surface area contributed by atoms with Crippen LogP contribution in [0.25, 0.3) is 106 Å². The van der Waals surface area contributed by atoms with Gasteiger partial charge in [-0.25, -0.2) is 4.98 Å². The summed E-state index contributed by atoms with van der Waals surface area (Å²) in [5, 5.41) is 6.85. The third-order valence-electron chi connectivity index (χ3n) is 9.74. The largest absolute Gasteiger partial charge is 0.454 e. The van der Waals surface area contributed by atoms with Gasteiger partial charge < -0.3 is 13.4 Å². The molecule has 0 saturated heterocycles. The first-order chi connectivity index (χ1) is 24.2. The smallest absolute Gasteiger partial charge is 0.227 e. The highest BCUT2D eigenvalue weighted by Gasteiger charge is 2.23. The summed E-state index contributed by atoms with van der Waals surface area (Å²) >= 11 is 0. The van der Waals surface area contributed by atoms with Gasteiger partial charge in [0.2, 0.25) is 5.89 Å². The molecule has 0 radical (unpaired) electrons. The third-order valence-corrected chi connectivity index (χ3v) is 9.74. The molecule has 0 saturated carbocycles. The molecule has 0 atom stereocenters. The van der Waals surface area contributed by atoms with E-state index in [0.29, 0.717) is 5.89 Å². The lowest BCUT2D eigenvalue weighted by molar-refractivity contribution is 0.620. The molecule has 0 aliphatic carbocycles. The molecule has 0 bridgehead atoms. The van der Waals surface area contributed by atoms with Crippen molar-refractivity contribution >= 4 is 77.8 Å². The van der Waals surface area contributed by atoms with Gasteiger partial charge in [-0.15, -0.1) is 0 Å². The maximum atomic E-state index is 6.91. The summed E-state index contributed by atoms with van der Waals surface area (Å²) in [5.41, 5.74) is 11.4. The Kier molecular flexibility index (Phi) is 5.84. The Hall–Kier alpha value is -6.65. The number of hydrogen-bond donors (Lipinski definition) is 0. The maximum Gasteiger partial charge on any atom is 0.227 e. The number of rotatable bonds is 5. The molecule has 0 aliphatic rings. The minimum Gasteiger partial charge on any atom is -0.454 e. The lowest BCUT2D eigenvalue weighted by Crippen LogP contribution is -2.00. The lowest BCUT2D eigenvalue weighted by Gasteiger charge is -2.15. The molecular formula is C45H28N2O2. The van der Waals surface area contributed by atoms with Gasteiger partial charge in [-0.1, -0.05) is 98.1 Å². The Morgan fingerprint density at radius 1 is 0.531 bits per heavy atom. The molecular weight excluding hydrogens is 601 g/mol. The van der Waals surface area contributed by atoms with Gasteiger partial charge in [0, 0.05) is 32.7 Å². The number of furan rings is 1. The van der Waals surface area contributed by atoms with Crippen LogP contribution in [-0.4, -0.2) is 9.55 Å². The van der Waals surface area contributed by atoms with Gasteiger partial charge in [-0.2, -0.15) is 0 Å². The number of aromatic nitrogens is 2. The molecule has 3 aromatic heterocycles. The van der Waals surface area contributed by atoms with Gasteiger partial charge in [0.1, 0.15) is 11.1 Å². The minimum absolute atomic E-state index is 0.613. The molecule has 10 rings (SSSR count). The molecule has 4 nitrogen and oxygen atoms in total. The molecule has 0 fully saturated rings. The fourth-order valence-corrected chi connectivity index (χ4v) is 7.42. The van der Waals surface area contributed by atoms with E-state index in [1.165, 1.54) is 21.5 Å². The van der Waals surface area contributed by atoms with Crippen LogP contribution in [0.5, 0.6) is 0 Å². The number of benzene rings is 7. The Labute approximate surface area is 281 Å². The van der Waals surface area contributed by atoms with Crippen molar-refractivity contribution in [2.24, 2.45) is 0 Å². The Balaban J connectivity index is 1.22. The van der Waals surface area contributed by atoms with Gasteiger partial charge in [0.25, 0.3) is 0 Å². The summed E-state index contributed by atoms with van der Waals surface area (Å²) in [6, 6.07) is 46.4. The van der Waals surface area contributed by atoms with Crippen molar-refractivity contribution in [3.63, 3.8) is 0 Å². The molecule has 0 aliphatic heterocycles. The Bertz CT molecular complexity index is 2970. The highest BCUT2D eigenvalue weighted by atomic mass is 16.3. The maximum absolute atomic E-state index is 6.91. The molecule has 0 N–H and O–H groups in total. The van der Waals surface area contributed by atoms with Crippen LogP contribution in [0.4, 0.5) is 0 Å². The van der Waals surface area contributed by atoms with Gasteiger partial charge in [-0.3, -0.25) is 0 Å². The number of fused-ring (bicyclic) bond motifs is 8.